The number of ketones is 1. The third kappa shape index (κ3) is 3.05. The smallest absolute Gasteiger partial charge is 0.134 e. The highest BCUT2D eigenvalue weighted by Gasteiger charge is 2.19. The van der Waals surface area contributed by atoms with E-state index in [4.69, 9.17) is 5.73 Å². The lowest BCUT2D eigenvalue weighted by atomic mass is 9.83. The van der Waals surface area contributed by atoms with Crippen molar-refractivity contribution in [2.75, 3.05) is 0 Å². The number of nitrogens with zero attached hydrogens (tertiary/aromatic N) is 1. The molecule has 1 heterocycles. The molecule has 1 aliphatic rings. The summed E-state index contributed by atoms with van der Waals surface area (Å²) in [5.41, 5.74) is 9.46. The van der Waals surface area contributed by atoms with Crippen LogP contribution in [0.2, 0.25) is 0 Å². The lowest BCUT2D eigenvalue weighted by Gasteiger charge is -2.25. The van der Waals surface area contributed by atoms with Gasteiger partial charge >= 0.3 is 0 Å². The minimum atomic E-state index is 0.127. The molecule has 1 aliphatic carbocycles. The van der Waals surface area contributed by atoms with Gasteiger partial charge in [0.2, 0.25) is 0 Å². The van der Waals surface area contributed by atoms with Gasteiger partial charge in [-0.25, -0.2) is 0 Å². The maximum absolute atomic E-state index is 11.3. The Bertz CT molecular complexity index is 479. The number of rotatable bonds is 3. The van der Waals surface area contributed by atoms with Crippen molar-refractivity contribution >= 4 is 11.4 Å². The topological polar surface area (TPSA) is 56.0 Å². The Morgan fingerprint density at radius 3 is 3.00 bits per heavy atom. The average molecular weight is 244 g/mol. The largest absolute Gasteiger partial charge is 0.324 e. The van der Waals surface area contributed by atoms with Crippen LogP contribution in [0, 0.1) is 5.92 Å². The van der Waals surface area contributed by atoms with Crippen molar-refractivity contribution in [3.63, 3.8) is 0 Å². The molecule has 2 atom stereocenters. The Labute approximate surface area is 108 Å². The third-order valence-electron chi connectivity index (χ3n) is 3.35. The van der Waals surface area contributed by atoms with Gasteiger partial charge in [0.15, 0.2) is 0 Å². The number of carbonyl (C=O) groups excluding carboxylic acids is 1. The second-order valence-electron chi connectivity index (χ2n) is 5.31. The molecule has 0 unspecified atom stereocenters. The number of hydrogen-bond acceptors (Lipinski definition) is 3. The van der Waals surface area contributed by atoms with Gasteiger partial charge in [-0.2, -0.15) is 0 Å². The van der Waals surface area contributed by atoms with Crippen LogP contribution in [0.25, 0.3) is 5.57 Å². The molecule has 18 heavy (non-hydrogen) atoms. The molecule has 1 aromatic heterocycles. The van der Waals surface area contributed by atoms with E-state index in [0.717, 1.165) is 24.0 Å². The summed E-state index contributed by atoms with van der Waals surface area (Å²) in [5, 5.41) is 0. The fourth-order valence-electron chi connectivity index (χ4n) is 2.67. The van der Waals surface area contributed by atoms with Crippen molar-refractivity contribution in [2.45, 2.75) is 39.2 Å². The number of pyridine rings is 1. The summed E-state index contributed by atoms with van der Waals surface area (Å²) in [6.07, 6.45) is 8.23. The van der Waals surface area contributed by atoms with Gasteiger partial charge in [0.25, 0.3) is 0 Å². The number of nitrogens with two attached hydrogens (primary N) is 1. The summed E-state index contributed by atoms with van der Waals surface area (Å²) in [7, 11) is 0. The fourth-order valence-corrected chi connectivity index (χ4v) is 2.67. The zero-order valence-electron chi connectivity index (χ0n) is 11.0. The van der Waals surface area contributed by atoms with Crippen molar-refractivity contribution in [3.05, 3.63) is 35.7 Å². The number of Topliss-reactive ketones (excluding diaryl/α,β-unsaturated/α-hetero) is 1. The predicted molar refractivity (Wildman–Crippen MR) is 73.0 cm³/mol. The zero-order chi connectivity index (χ0) is 13.1. The molecule has 3 nitrogen and oxygen atoms in total. The van der Waals surface area contributed by atoms with Gasteiger partial charge in [0, 0.05) is 24.9 Å². The van der Waals surface area contributed by atoms with Gasteiger partial charge < -0.3 is 5.73 Å². The van der Waals surface area contributed by atoms with E-state index < -0.39 is 0 Å². The van der Waals surface area contributed by atoms with Crippen LogP contribution in [0.4, 0.5) is 0 Å². The van der Waals surface area contributed by atoms with Gasteiger partial charge in [-0.3, -0.25) is 9.78 Å². The highest BCUT2D eigenvalue weighted by atomic mass is 16.1. The normalized spacial score (nSPS) is 23.6. The number of carbonyl (C=O) groups is 1. The van der Waals surface area contributed by atoms with E-state index in [2.05, 4.69) is 18.0 Å². The molecular formula is C15H20N2O. The molecule has 96 valence electrons. The van der Waals surface area contributed by atoms with Crippen LogP contribution in [-0.2, 0) is 11.2 Å². The van der Waals surface area contributed by atoms with Crippen LogP contribution in [0.5, 0.6) is 0 Å². The molecular weight excluding hydrogens is 224 g/mol. The Balaban J connectivity index is 2.35. The summed E-state index contributed by atoms with van der Waals surface area (Å²) < 4.78 is 0. The van der Waals surface area contributed by atoms with Gasteiger partial charge in [-0.15, -0.1) is 0 Å². The monoisotopic (exact) mass is 244 g/mol. The molecule has 0 saturated heterocycles. The molecule has 2 N–H and O–H groups in total. The Morgan fingerprint density at radius 1 is 1.56 bits per heavy atom. The van der Waals surface area contributed by atoms with Crippen molar-refractivity contribution in [3.8, 4) is 0 Å². The van der Waals surface area contributed by atoms with Gasteiger partial charge in [0.05, 0.1) is 0 Å². The lowest BCUT2D eigenvalue weighted by Crippen LogP contribution is -2.24. The van der Waals surface area contributed by atoms with E-state index in [0.29, 0.717) is 12.3 Å². The first-order valence-corrected chi connectivity index (χ1v) is 6.45. The summed E-state index contributed by atoms with van der Waals surface area (Å²) in [6, 6.07) is 2.12. The Kier molecular flexibility index (Phi) is 3.92. The molecule has 1 aromatic rings. The van der Waals surface area contributed by atoms with Crippen LogP contribution in [0.1, 0.15) is 37.8 Å². The second kappa shape index (κ2) is 5.44. The fraction of sp³-hybridized carbons (Fsp3) is 0.467. The molecule has 0 aliphatic heterocycles. The summed E-state index contributed by atoms with van der Waals surface area (Å²) >= 11 is 0. The molecule has 0 radical (unpaired) electrons. The van der Waals surface area contributed by atoms with Gasteiger partial charge in [-0.05, 0) is 48.4 Å². The second-order valence-corrected chi connectivity index (χ2v) is 5.31. The quantitative estimate of drug-likeness (QED) is 0.888. The van der Waals surface area contributed by atoms with Crippen molar-refractivity contribution in [1.82, 2.24) is 4.98 Å². The van der Waals surface area contributed by atoms with Crippen molar-refractivity contribution in [2.24, 2.45) is 11.7 Å². The molecule has 3 heteroatoms. The summed E-state index contributed by atoms with van der Waals surface area (Å²) in [4.78, 5) is 15.4. The van der Waals surface area contributed by atoms with Crippen molar-refractivity contribution in [1.29, 1.82) is 0 Å². The lowest BCUT2D eigenvalue weighted by molar-refractivity contribution is -0.116. The Hall–Kier alpha value is -1.48. The summed E-state index contributed by atoms with van der Waals surface area (Å²) in [5.74, 6) is 0.761. The Morgan fingerprint density at radius 2 is 2.33 bits per heavy atom. The maximum atomic E-state index is 11.3. The first-order valence-electron chi connectivity index (χ1n) is 6.45. The third-order valence-corrected chi connectivity index (χ3v) is 3.35. The van der Waals surface area contributed by atoms with Crippen LogP contribution >= 0.6 is 0 Å². The molecule has 0 bridgehead atoms. The zero-order valence-corrected chi connectivity index (χ0v) is 11.0. The van der Waals surface area contributed by atoms with E-state index in [1.54, 1.807) is 19.3 Å². The first-order chi connectivity index (χ1) is 8.56. The predicted octanol–water partition coefficient (Wildman–Crippen LogP) is 2.35. The standard InChI is InChI=1S/C15H20N2O/c1-10-5-12(8-14(16)6-10)15-3-4-17-9-13(15)7-11(2)18/h3-4,8-10,14H,5-7,16H2,1-2H3/t10-,14-/m0/s1. The minimum absolute atomic E-state index is 0.127. The van der Waals surface area contributed by atoms with E-state index in [-0.39, 0.29) is 11.8 Å². The highest BCUT2D eigenvalue weighted by molar-refractivity contribution is 5.81. The van der Waals surface area contributed by atoms with Gasteiger partial charge in [0.1, 0.15) is 5.78 Å². The SMILES string of the molecule is CC(=O)Cc1cnccc1C1=C[C@@H](N)C[C@@H](C)C1. The van der Waals surface area contributed by atoms with Crippen LogP contribution in [0.15, 0.2) is 24.5 Å². The minimum Gasteiger partial charge on any atom is -0.324 e. The molecule has 0 fully saturated rings. The summed E-state index contributed by atoms with van der Waals surface area (Å²) in [6.45, 7) is 3.83. The molecule has 2 rings (SSSR count). The van der Waals surface area contributed by atoms with E-state index in [1.165, 1.54) is 5.57 Å². The van der Waals surface area contributed by atoms with Gasteiger partial charge in [-0.1, -0.05) is 13.0 Å². The van der Waals surface area contributed by atoms with E-state index >= 15 is 0 Å². The molecule has 0 aromatic carbocycles. The molecule has 0 spiro atoms. The van der Waals surface area contributed by atoms with Crippen LogP contribution in [0.3, 0.4) is 0 Å². The van der Waals surface area contributed by atoms with Crippen molar-refractivity contribution < 1.29 is 4.79 Å². The van der Waals surface area contributed by atoms with Crippen LogP contribution < -0.4 is 5.73 Å². The van der Waals surface area contributed by atoms with E-state index in [9.17, 15) is 4.79 Å². The average Bonchev–Trinajstić information content (AvgIpc) is 2.27. The molecule has 0 saturated carbocycles. The number of hydrogen-bond donors (Lipinski definition) is 1. The maximum Gasteiger partial charge on any atom is 0.134 e. The highest BCUT2D eigenvalue weighted by Crippen LogP contribution is 2.31. The number of aromatic nitrogens is 1. The van der Waals surface area contributed by atoms with E-state index in [1.807, 2.05) is 6.07 Å². The first kappa shape index (κ1) is 13.0. The molecule has 0 amide bonds. The number of allylic oxidation sites excluding steroid dienone is 1. The van der Waals surface area contributed by atoms with Crippen LogP contribution in [-0.4, -0.2) is 16.8 Å².